The molecule has 0 radical (unpaired) electrons. The fourth-order valence-corrected chi connectivity index (χ4v) is 6.09. The van der Waals surface area contributed by atoms with E-state index in [0.717, 1.165) is 54.3 Å². The Balaban J connectivity index is 1.22. The average molecular weight is 571 g/mol. The molecule has 0 saturated carbocycles. The summed E-state index contributed by atoms with van der Waals surface area (Å²) in [6, 6.07) is 11.4. The molecular weight excluding hydrogens is 532 g/mol. The first-order valence-electron chi connectivity index (χ1n) is 14.3. The van der Waals surface area contributed by atoms with Crippen LogP contribution in [0.25, 0.3) is 5.69 Å². The van der Waals surface area contributed by atoms with Crippen molar-refractivity contribution >= 4 is 23.2 Å². The molecule has 1 unspecified atom stereocenters. The zero-order valence-corrected chi connectivity index (χ0v) is 24.8. The third kappa shape index (κ3) is 7.10. The van der Waals surface area contributed by atoms with Crippen molar-refractivity contribution in [3.63, 3.8) is 0 Å². The van der Waals surface area contributed by atoms with Crippen LogP contribution >= 0.6 is 11.3 Å². The van der Waals surface area contributed by atoms with E-state index in [4.69, 9.17) is 0 Å². The Hall–Kier alpha value is -3.82. The van der Waals surface area contributed by atoms with Crippen LogP contribution in [-0.2, 0) is 6.54 Å². The third-order valence-electron chi connectivity index (χ3n) is 7.39. The Kier molecular flexibility index (Phi) is 9.26. The second-order valence-electron chi connectivity index (χ2n) is 10.9. The predicted octanol–water partition coefficient (Wildman–Crippen LogP) is 5.65. The van der Waals surface area contributed by atoms with Crippen LogP contribution in [0, 0.1) is 6.92 Å². The highest BCUT2D eigenvalue weighted by atomic mass is 32.1. The van der Waals surface area contributed by atoms with E-state index in [1.54, 1.807) is 17.4 Å². The van der Waals surface area contributed by atoms with Gasteiger partial charge in [0.05, 0.1) is 6.04 Å². The summed E-state index contributed by atoms with van der Waals surface area (Å²) < 4.78 is 1.92. The quantitative estimate of drug-likeness (QED) is 0.228. The van der Waals surface area contributed by atoms with Gasteiger partial charge in [0.1, 0.15) is 5.01 Å². The molecule has 0 spiro atoms. The van der Waals surface area contributed by atoms with Crippen LogP contribution in [0.5, 0.6) is 0 Å². The van der Waals surface area contributed by atoms with E-state index < -0.39 is 0 Å². The molecule has 3 aromatic heterocycles. The van der Waals surface area contributed by atoms with E-state index in [2.05, 4.69) is 40.5 Å². The molecule has 5 rings (SSSR count). The highest BCUT2D eigenvalue weighted by Crippen LogP contribution is 2.35. The Morgan fingerprint density at radius 1 is 1.07 bits per heavy atom. The van der Waals surface area contributed by atoms with Crippen molar-refractivity contribution in [2.45, 2.75) is 58.5 Å². The Morgan fingerprint density at radius 2 is 1.88 bits per heavy atom. The summed E-state index contributed by atoms with van der Waals surface area (Å²) in [6.45, 7) is 9.03. The largest absolute Gasteiger partial charge is 0.352 e. The lowest BCUT2D eigenvalue weighted by atomic mass is 10.0. The molecule has 4 heterocycles. The van der Waals surface area contributed by atoms with Crippen LogP contribution in [-0.4, -0.2) is 50.9 Å². The number of aromatic nitrogens is 3. The smallest absolute Gasteiger partial charge is 0.254 e. The number of nitrogens with one attached hydrogen (secondary N) is 2. The van der Waals surface area contributed by atoms with Crippen LogP contribution in [0.3, 0.4) is 0 Å². The minimum Gasteiger partial charge on any atom is -0.352 e. The fourth-order valence-electron chi connectivity index (χ4n) is 5.15. The first kappa shape index (κ1) is 28.7. The summed E-state index contributed by atoms with van der Waals surface area (Å²) >= 11 is 1.61. The third-order valence-corrected chi connectivity index (χ3v) is 8.46. The van der Waals surface area contributed by atoms with Crippen LogP contribution in [0.15, 0.2) is 66.6 Å². The van der Waals surface area contributed by atoms with Gasteiger partial charge in [-0.2, -0.15) is 0 Å². The van der Waals surface area contributed by atoms with Crippen LogP contribution in [0.1, 0.15) is 87.6 Å². The van der Waals surface area contributed by atoms with E-state index in [0.29, 0.717) is 30.1 Å². The minimum absolute atomic E-state index is 0.0233. The number of carbonyl (C=O) groups excluding carboxylic acids is 2. The topological polar surface area (TPSA) is 92.2 Å². The number of hydrogen-bond acceptors (Lipinski definition) is 6. The molecule has 1 aliphatic rings. The average Bonchev–Trinajstić information content (AvgIpc) is 3.76. The Bertz CT molecular complexity index is 1480. The van der Waals surface area contributed by atoms with E-state index >= 15 is 0 Å². The lowest BCUT2D eigenvalue weighted by Gasteiger charge is -2.24. The van der Waals surface area contributed by atoms with E-state index in [-0.39, 0.29) is 17.9 Å². The number of rotatable bonds is 11. The first-order chi connectivity index (χ1) is 19.9. The summed E-state index contributed by atoms with van der Waals surface area (Å²) in [4.78, 5) is 37.9. The molecule has 4 aromatic rings. The zero-order valence-electron chi connectivity index (χ0n) is 24.0. The summed E-state index contributed by atoms with van der Waals surface area (Å²) in [5.41, 5.74) is 5.14. The van der Waals surface area contributed by atoms with Crippen LogP contribution in [0.4, 0.5) is 0 Å². The summed E-state index contributed by atoms with van der Waals surface area (Å²) in [5.74, 6) is 0.197. The van der Waals surface area contributed by atoms with Gasteiger partial charge in [0, 0.05) is 72.3 Å². The molecule has 8 nitrogen and oxygen atoms in total. The van der Waals surface area contributed by atoms with Crippen LogP contribution in [0.2, 0.25) is 0 Å². The van der Waals surface area contributed by atoms with Crippen molar-refractivity contribution < 1.29 is 9.59 Å². The first-order valence-corrected chi connectivity index (χ1v) is 15.2. The van der Waals surface area contributed by atoms with E-state index in [1.807, 2.05) is 70.8 Å². The minimum atomic E-state index is -0.185. The summed E-state index contributed by atoms with van der Waals surface area (Å²) in [5, 5.41) is 9.48. The van der Waals surface area contributed by atoms with Gasteiger partial charge < -0.3 is 20.1 Å². The maximum absolute atomic E-state index is 13.8. The number of hydrogen-bond donors (Lipinski definition) is 2. The molecule has 1 atom stereocenters. The zero-order chi connectivity index (χ0) is 28.8. The highest BCUT2D eigenvalue weighted by molar-refractivity contribution is 7.09. The predicted molar refractivity (Wildman–Crippen MR) is 163 cm³/mol. The van der Waals surface area contributed by atoms with Crippen molar-refractivity contribution in [3.8, 4) is 5.69 Å². The highest BCUT2D eigenvalue weighted by Gasteiger charge is 2.33. The second kappa shape index (κ2) is 13.2. The second-order valence-corrected chi connectivity index (χ2v) is 11.8. The van der Waals surface area contributed by atoms with Crippen molar-refractivity contribution in [2.24, 2.45) is 0 Å². The van der Waals surface area contributed by atoms with Crippen LogP contribution < -0.4 is 10.6 Å². The van der Waals surface area contributed by atoms with Gasteiger partial charge in [0.15, 0.2) is 0 Å². The molecule has 1 saturated heterocycles. The van der Waals surface area contributed by atoms with Crippen molar-refractivity contribution in [1.29, 1.82) is 0 Å². The number of carbonyl (C=O) groups is 2. The number of thiazole rings is 1. The van der Waals surface area contributed by atoms with Gasteiger partial charge >= 0.3 is 0 Å². The fraction of sp³-hybridized carbons (Fsp3) is 0.375. The number of benzene rings is 1. The maximum atomic E-state index is 13.8. The monoisotopic (exact) mass is 570 g/mol. The molecule has 0 bridgehead atoms. The molecule has 1 aliphatic heterocycles. The Labute approximate surface area is 245 Å². The van der Waals surface area contributed by atoms with E-state index in [1.165, 1.54) is 5.56 Å². The standard InChI is InChI=1S/C32H38N6O2S/c1-22(2)27-14-24(19-34-20-27)18-33-9-7-10-35-30(39)25-15-26(17-28(16-25)37-11-4-5-12-37)32(40)38-13-6-8-29(38)31-36-23(3)21-41-31/h4-5,11-12,14-17,19-22,29,33H,6-10,13,18H2,1-3H3,(H,35,39). The maximum Gasteiger partial charge on any atom is 0.254 e. The molecule has 1 fully saturated rings. The molecule has 41 heavy (non-hydrogen) atoms. The molecule has 0 aliphatic carbocycles. The molecule has 214 valence electrons. The number of nitrogens with zero attached hydrogens (tertiary/aromatic N) is 4. The van der Waals surface area contributed by atoms with Gasteiger partial charge in [-0.15, -0.1) is 11.3 Å². The SMILES string of the molecule is Cc1csc(C2CCCN2C(=O)c2cc(C(=O)NCCCNCc3cncc(C(C)C)c3)cc(-n3cccc3)c2)n1. The Morgan fingerprint density at radius 3 is 2.63 bits per heavy atom. The van der Waals surface area contributed by atoms with Gasteiger partial charge in [-0.3, -0.25) is 14.6 Å². The van der Waals surface area contributed by atoms with Gasteiger partial charge in [0.25, 0.3) is 11.8 Å². The van der Waals surface area contributed by atoms with Gasteiger partial charge in [0.2, 0.25) is 0 Å². The summed E-state index contributed by atoms with van der Waals surface area (Å²) in [6.07, 6.45) is 10.3. The lowest BCUT2D eigenvalue weighted by Crippen LogP contribution is -2.31. The molecule has 9 heteroatoms. The number of likely N-dealkylation sites (tertiary alicyclic amines) is 1. The molecule has 2 amide bonds. The normalized spacial score (nSPS) is 15.0. The molecule has 2 N–H and O–H groups in total. The molecule has 1 aromatic carbocycles. The summed E-state index contributed by atoms with van der Waals surface area (Å²) in [7, 11) is 0. The molecular formula is C32H38N6O2S. The number of aryl methyl sites for hydroxylation is 1. The van der Waals surface area contributed by atoms with Crippen molar-refractivity contribution in [2.75, 3.05) is 19.6 Å². The van der Waals surface area contributed by atoms with Gasteiger partial charge in [-0.05, 0) is 80.1 Å². The number of pyridine rings is 1. The number of amides is 2. The van der Waals surface area contributed by atoms with Gasteiger partial charge in [-0.1, -0.05) is 19.9 Å². The van der Waals surface area contributed by atoms with Crippen molar-refractivity contribution in [3.05, 3.63) is 99.5 Å². The van der Waals surface area contributed by atoms with E-state index in [9.17, 15) is 9.59 Å². The van der Waals surface area contributed by atoms with Gasteiger partial charge in [-0.25, -0.2) is 4.98 Å². The lowest BCUT2D eigenvalue weighted by molar-refractivity contribution is 0.0735. The van der Waals surface area contributed by atoms with Crippen molar-refractivity contribution in [1.82, 2.24) is 30.1 Å².